The zero-order valence-corrected chi connectivity index (χ0v) is 16.0. The van der Waals surface area contributed by atoms with Crippen LogP contribution < -0.4 is 4.72 Å². The highest BCUT2D eigenvalue weighted by molar-refractivity contribution is 7.90. The number of sulfonamides is 1. The van der Waals surface area contributed by atoms with Gasteiger partial charge in [0.25, 0.3) is 0 Å². The van der Waals surface area contributed by atoms with E-state index in [0.29, 0.717) is 12.1 Å². The zero-order valence-electron chi connectivity index (χ0n) is 15.2. The monoisotopic (exact) mass is 359 g/mol. The molecule has 134 valence electrons. The minimum Gasteiger partial charge on any atom is -0.295 e. The predicted octanol–water partition coefficient (Wildman–Crippen LogP) is 4.12. The van der Waals surface area contributed by atoms with Gasteiger partial charge in [-0.15, -0.1) is 0 Å². The highest BCUT2D eigenvalue weighted by atomic mass is 32.2. The second kappa shape index (κ2) is 7.50. The van der Waals surface area contributed by atoms with E-state index < -0.39 is 14.8 Å². The molecule has 0 bridgehead atoms. The Labute approximate surface area is 150 Å². The maximum Gasteiger partial charge on any atom is 0.221 e. The van der Waals surface area contributed by atoms with Crippen LogP contribution >= 0.6 is 0 Å². The first-order chi connectivity index (χ1) is 11.7. The van der Waals surface area contributed by atoms with Crippen molar-refractivity contribution in [3.63, 3.8) is 0 Å². The lowest BCUT2D eigenvalue weighted by molar-refractivity contribution is 0.101. The van der Waals surface area contributed by atoms with Crippen molar-refractivity contribution in [2.45, 2.75) is 38.9 Å². The molecule has 0 aromatic heterocycles. The molecule has 0 saturated carbocycles. The van der Waals surface area contributed by atoms with Crippen molar-refractivity contribution in [3.8, 4) is 11.1 Å². The maximum absolute atomic E-state index is 12.5. The summed E-state index contributed by atoms with van der Waals surface area (Å²) in [5.74, 6) is 0.0356. The molecule has 2 aromatic carbocycles. The Hall–Kier alpha value is -1.98. The molecule has 0 heterocycles. The molecule has 1 N–H and O–H groups in total. The topological polar surface area (TPSA) is 63.2 Å². The van der Waals surface area contributed by atoms with Gasteiger partial charge in [0.05, 0.1) is 0 Å². The summed E-state index contributed by atoms with van der Waals surface area (Å²) in [6.45, 7) is 7.33. The summed E-state index contributed by atoms with van der Waals surface area (Å²) in [4.78, 5) is 11.4. The third kappa shape index (κ3) is 4.17. The van der Waals surface area contributed by atoms with Gasteiger partial charge in [-0.1, -0.05) is 55.5 Å². The van der Waals surface area contributed by atoms with Crippen LogP contribution in [0.25, 0.3) is 11.1 Å². The summed E-state index contributed by atoms with van der Waals surface area (Å²) in [6.07, 6.45) is 0.754. The van der Waals surface area contributed by atoms with Gasteiger partial charge in [0, 0.05) is 12.1 Å². The molecule has 0 radical (unpaired) electrons. The Balaban J connectivity index is 2.28. The Morgan fingerprint density at radius 1 is 0.960 bits per heavy atom. The average molecular weight is 359 g/mol. The first-order valence-electron chi connectivity index (χ1n) is 8.40. The smallest absolute Gasteiger partial charge is 0.221 e. The minimum absolute atomic E-state index is 0.0356. The molecule has 4 nitrogen and oxygen atoms in total. The third-order valence-corrected chi connectivity index (χ3v) is 6.58. The van der Waals surface area contributed by atoms with Gasteiger partial charge in [-0.2, -0.15) is 0 Å². The minimum atomic E-state index is -3.46. The van der Waals surface area contributed by atoms with Crippen LogP contribution in [-0.4, -0.2) is 20.7 Å². The lowest BCUT2D eigenvalue weighted by Gasteiger charge is -2.26. The Bertz CT molecular complexity index is 836. The van der Waals surface area contributed by atoms with Crippen LogP contribution in [0.4, 0.5) is 0 Å². The van der Waals surface area contributed by atoms with Crippen molar-refractivity contribution in [2.24, 2.45) is 0 Å². The fourth-order valence-electron chi connectivity index (χ4n) is 2.53. The van der Waals surface area contributed by atoms with Crippen LogP contribution in [0.3, 0.4) is 0 Å². The van der Waals surface area contributed by atoms with Gasteiger partial charge in [0.1, 0.15) is 4.75 Å². The van der Waals surface area contributed by atoms with Crippen molar-refractivity contribution >= 4 is 15.8 Å². The van der Waals surface area contributed by atoms with Crippen molar-refractivity contribution in [1.82, 2.24) is 4.72 Å². The predicted molar refractivity (Wildman–Crippen MR) is 102 cm³/mol. The zero-order chi connectivity index (χ0) is 18.7. The van der Waals surface area contributed by atoms with Crippen LogP contribution in [0.5, 0.6) is 0 Å². The number of nitrogens with one attached hydrogen (secondary N) is 1. The maximum atomic E-state index is 12.5. The molecular weight excluding hydrogens is 334 g/mol. The van der Waals surface area contributed by atoms with Gasteiger partial charge >= 0.3 is 0 Å². The molecule has 0 aliphatic rings. The van der Waals surface area contributed by atoms with E-state index in [1.165, 1.54) is 0 Å². The van der Waals surface area contributed by atoms with Gasteiger partial charge in [-0.3, -0.25) is 4.79 Å². The van der Waals surface area contributed by atoms with E-state index in [9.17, 15) is 13.2 Å². The van der Waals surface area contributed by atoms with Crippen LogP contribution in [0, 0.1) is 0 Å². The molecule has 25 heavy (non-hydrogen) atoms. The van der Waals surface area contributed by atoms with E-state index in [4.69, 9.17) is 0 Å². The summed E-state index contributed by atoms with van der Waals surface area (Å²) >= 11 is 0. The first kappa shape index (κ1) is 19.3. The molecule has 0 spiro atoms. The number of hydrogen-bond donors (Lipinski definition) is 1. The molecule has 0 aliphatic carbocycles. The molecule has 0 amide bonds. The molecule has 0 atom stereocenters. The van der Waals surface area contributed by atoms with Gasteiger partial charge in [-0.25, -0.2) is 13.1 Å². The molecule has 0 unspecified atom stereocenters. The number of Topliss-reactive ketones (excluding diaryl/α,β-unsaturated/α-hetero) is 1. The van der Waals surface area contributed by atoms with E-state index in [1.54, 1.807) is 32.9 Å². The molecule has 0 fully saturated rings. The Morgan fingerprint density at radius 3 is 1.88 bits per heavy atom. The highest BCUT2D eigenvalue weighted by Crippen LogP contribution is 2.31. The second-order valence-corrected chi connectivity index (χ2v) is 8.94. The van der Waals surface area contributed by atoms with Crippen molar-refractivity contribution in [3.05, 3.63) is 59.7 Å². The van der Waals surface area contributed by atoms with Crippen molar-refractivity contribution < 1.29 is 13.2 Å². The number of carbonyl (C=O) groups is 1. The number of benzene rings is 2. The van der Waals surface area contributed by atoms with Gasteiger partial charge in [-0.05, 0) is 43.9 Å². The van der Waals surface area contributed by atoms with Crippen LogP contribution in [-0.2, 0) is 14.8 Å². The lowest BCUT2D eigenvalue weighted by atomic mass is 9.97. The molecule has 5 heteroatoms. The fourth-order valence-corrected chi connectivity index (χ4v) is 3.81. The second-order valence-electron chi connectivity index (χ2n) is 6.62. The number of hydrogen-bond acceptors (Lipinski definition) is 3. The number of carbonyl (C=O) groups excluding carboxylic acids is 1. The lowest BCUT2D eigenvalue weighted by Crippen LogP contribution is -2.39. The number of rotatable bonds is 7. The Morgan fingerprint density at radius 2 is 1.44 bits per heavy atom. The van der Waals surface area contributed by atoms with E-state index in [1.807, 2.05) is 43.3 Å². The van der Waals surface area contributed by atoms with Crippen LogP contribution in [0.1, 0.15) is 50.0 Å². The van der Waals surface area contributed by atoms with E-state index in [0.717, 1.165) is 23.1 Å². The summed E-state index contributed by atoms with van der Waals surface area (Å²) in [5, 5.41) is 0. The standard InChI is InChI=1S/C20H25NO3S/c1-5-14-21-25(23,24)20(3,4)19-12-10-18(11-13-19)17-8-6-16(7-9-17)15(2)22/h6-13,21H,5,14H2,1-4H3. The van der Waals surface area contributed by atoms with Crippen molar-refractivity contribution in [1.29, 1.82) is 0 Å². The van der Waals surface area contributed by atoms with E-state index in [2.05, 4.69) is 4.72 Å². The molecule has 2 rings (SSSR count). The molecule has 0 aliphatic heterocycles. The van der Waals surface area contributed by atoms with E-state index in [-0.39, 0.29) is 5.78 Å². The quantitative estimate of drug-likeness (QED) is 0.756. The van der Waals surface area contributed by atoms with Crippen LogP contribution in [0.15, 0.2) is 48.5 Å². The van der Waals surface area contributed by atoms with Gasteiger partial charge < -0.3 is 0 Å². The highest BCUT2D eigenvalue weighted by Gasteiger charge is 2.35. The summed E-state index contributed by atoms with van der Waals surface area (Å²) in [5.41, 5.74) is 3.38. The van der Waals surface area contributed by atoms with Gasteiger partial charge in [0.15, 0.2) is 5.78 Å². The summed E-state index contributed by atoms with van der Waals surface area (Å²) in [7, 11) is -3.46. The molecule has 2 aromatic rings. The Kier molecular flexibility index (Phi) is 5.80. The molecular formula is C20H25NO3S. The average Bonchev–Trinajstić information content (AvgIpc) is 2.60. The number of ketones is 1. The fraction of sp³-hybridized carbons (Fsp3) is 0.350. The van der Waals surface area contributed by atoms with Crippen molar-refractivity contribution in [2.75, 3.05) is 6.54 Å². The van der Waals surface area contributed by atoms with Crippen LogP contribution in [0.2, 0.25) is 0 Å². The largest absolute Gasteiger partial charge is 0.295 e. The van der Waals surface area contributed by atoms with Gasteiger partial charge in [0.2, 0.25) is 10.0 Å². The SMILES string of the molecule is CCCNS(=O)(=O)C(C)(C)c1ccc(-c2ccc(C(C)=O)cc2)cc1. The summed E-state index contributed by atoms with van der Waals surface area (Å²) in [6, 6.07) is 14.9. The normalized spacial score (nSPS) is 12.2. The summed E-state index contributed by atoms with van der Waals surface area (Å²) < 4.78 is 26.7. The molecule has 0 saturated heterocycles. The van der Waals surface area contributed by atoms with E-state index >= 15 is 0 Å². The third-order valence-electron chi connectivity index (χ3n) is 4.42. The first-order valence-corrected chi connectivity index (χ1v) is 9.88.